The molecule has 1 aromatic rings. The van der Waals surface area contributed by atoms with Gasteiger partial charge in [0.15, 0.2) is 0 Å². The molecule has 0 heterocycles. The van der Waals surface area contributed by atoms with Gasteiger partial charge in [-0.25, -0.2) is 4.79 Å². The van der Waals surface area contributed by atoms with Crippen molar-refractivity contribution >= 4 is 5.97 Å². The summed E-state index contributed by atoms with van der Waals surface area (Å²) < 4.78 is 0. The first kappa shape index (κ1) is 11.7. The summed E-state index contributed by atoms with van der Waals surface area (Å²) in [6.07, 6.45) is -0.947. The fraction of sp³-hybridized carbons (Fsp3) is 0.364. The molecule has 82 valence electrons. The molecule has 3 N–H and O–H groups in total. The predicted octanol–water partition coefficient (Wildman–Crippen LogP) is 1.37. The normalized spacial score (nSPS) is 12.8. The second kappa shape index (κ2) is 4.91. The monoisotopic (exact) mass is 209 g/mol. The third-order valence-corrected chi connectivity index (χ3v) is 1.98. The molecular weight excluding hydrogens is 194 g/mol. The van der Waals surface area contributed by atoms with E-state index in [9.17, 15) is 9.90 Å². The summed E-state index contributed by atoms with van der Waals surface area (Å²) in [4.78, 5) is 10.9. The minimum atomic E-state index is -1.03. The van der Waals surface area contributed by atoms with Crippen molar-refractivity contribution in [3.63, 3.8) is 0 Å². The molecule has 0 amide bonds. The van der Waals surface area contributed by atoms with E-state index in [1.165, 1.54) is 6.07 Å². The Morgan fingerprint density at radius 3 is 2.47 bits per heavy atom. The van der Waals surface area contributed by atoms with Crippen LogP contribution in [-0.2, 0) is 0 Å². The van der Waals surface area contributed by atoms with Gasteiger partial charge < -0.3 is 10.2 Å². The Bertz CT molecular complexity index is 349. The van der Waals surface area contributed by atoms with Crippen LogP contribution in [0.15, 0.2) is 24.3 Å². The summed E-state index contributed by atoms with van der Waals surface area (Å²) in [5.41, 5.74) is 0.511. The van der Waals surface area contributed by atoms with Crippen molar-refractivity contribution in [1.82, 2.24) is 5.32 Å². The molecule has 0 saturated heterocycles. The number of aliphatic hydroxyl groups is 1. The highest BCUT2D eigenvalue weighted by molar-refractivity contribution is 5.89. The minimum Gasteiger partial charge on any atom is -0.478 e. The third kappa shape index (κ3) is 3.04. The molecule has 0 aliphatic carbocycles. The van der Waals surface area contributed by atoms with Gasteiger partial charge in [-0.3, -0.25) is 5.32 Å². The molecule has 0 bridgehead atoms. The number of carboxylic acid groups (broad SMARTS) is 1. The van der Waals surface area contributed by atoms with Gasteiger partial charge in [0.25, 0.3) is 0 Å². The Balaban J connectivity index is 2.97. The lowest BCUT2D eigenvalue weighted by Crippen LogP contribution is -2.29. The third-order valence-electron chi connectivity index (χ3n) is 1.98. The molecule has 1 aromatic carbocycles. The van der Waals surface area contributed by atoms with Gasteiger partial charge in [0, 0.05) is 11.6 Å². The molecule has 0 aromatic heterocycles. The Kier molecular flexibility index (Phi) is 3.82. The van der Waals surface area contributed by atoms with E-state index in [0.717, 1.165) is 0 Å². The van der Waals surface area contributed by atoms with E-state index in [1.807, 2.05) is 13.8 Å². The van der Waals surface area contributed by atoms with Crippen LogP contribution in [0.5, 0.6) is 0 Å². The number of carbonyl (C=O) groups is 1. The zero-order valence-corrected chi connectivity index (χ0v) is 8.77. The van der Waals surface area contributed by atoms with Crippen LogP contribution in [0.2, 0.25) is 0 Å². The van der Waals surface area contributed by atoms with Crippen LogP contribution in [0, 0.1) is 0 Å². The zero-order chi connectivity index (χ0) is 11.4. The van der Waals surface area contributed by atoms with E-state index < -0.39 is 12.2 Å². The lowest BCUT2D eigenvalue weighted by molar-refractivity contribution is 0.0682. The highest BCUT2D eigenvalue weighted by atomic mass is 16.4. The Morgan fingerprint density at radius 2 is 1.93 bits per heavy atom. The van der Waals surface area contributed by atoms with Crippen molar-refractivity contribution in [1.29, 1.82) is 0 Å². The van der Waals surface area contributed by atoms with Gasteiger partial charge in [-0.05, 0) is 19.9 Å². The highest BCUT2D eigenvalue weighted by Gasteiger charge is 2.16. The lowest BCUT2D eigenvalue weighted by Gasteiger charge is -2.17. The number of aromatic carboxylic acids is 1. The molecule has 15 heavy (non-hydrogen) atoms. The van der Waals surface area contributed by atoms with Crippen molar-refractivity contribution in [3.8, 4) is 0 Å². The molecule has 1 atom stereocenters. The van der Waals surface area contributed by atoms with E-state index in [-0.39, 0.29) is 11.6 Å². The van der Waals surface area contributed by atoms with Gasteiger partial charge in [-0.2, -0.15) is 0 Å². The smallest absolute Gasteiger partial charge is 0.336 e. The summed E-state index contributed by atoms with van der Waals surface area (Å²) in [6.45, 7) is 3.76. The van der Waals surface area contributed by atoms with E-state index >= 15 is 0 Å². The lowest BCUT2D eigenvalue weighted by atomic mass is 10.1. The summed E-state index contributed by atoms with van der Waals surface area (Å²) in [5, 5.41) is 21.5. The molecule has 0 saturated carbocycles. The number of nitrogens with one attached hydrogen (secondary N) is 1. The standard InChI is InChI=1S/C11H15NO3/c1-7(2)12-10(13)8-5-3-4-6-9(8)11(14)15/h3-7,10,12-13H,1-2H3,(H,14,15). The molecule has 0 aliphatic heterocycles. The summed E-state index contributed by atoms with van der Waals surface area (Å²) in [7, 11) is 0. The van der Waals surface area contributed by atoms with Crippen molar-refractivity contribution in [3.05, 3.63) is 35.4 Å². The Morgan fingerprint density at radius 1 is 1.33 bits per heavy atom. The number of benzene rings is 1. The molecule has 0 fully saturated rings. The SMILES string of the molecule is CC(C)NC(O)c1ccccc1C(=O)O. The predicted molar refractivity (Wildman–Crippen MR) is 56.6 cm³/mol. The van der Waals surface area contributed by atoms with E-state index in [2.05, 4.69) is 5.32 Å². The first-order chi connectivity index (χ1) is 7.02. The first-order valence-electron chi connectivity index (χ1n) is 4.78. The van der Waals surface area contributed by atoms with Gasteiger partial charge in [-0.15, -0.1) is 0 Å². The quantitative estimate of drug-likeness (QED) is 0.655. The van der Waals surface area contributed by atoms with Crippen LogP contribution in [0.1, 0.15) is 36.0 Å². The number of hydrogen-bond donors (Lipinski definition) is 3. The summed E-state index contributed by atoms with van der Waals surface area (Å²) in [5.74, 6) is -1.03. The maximum atomic E-state index is 10.9. The van der Waals surface area contributed by atoms with Gasteiger partial charge in [0.2, 0.25) is 0 Å². The van der Waals surface area contributed by atoms with Crippen molar-refractivity contribution in [2.45, 2.75) is 26.1 Å². The Labute approximate surface area is 88.6 Å². The van der Waals surface area contributed by atoms with Gasteiger partial charge >= 0.3 is 5.97 Å². The van der Waals surface area contributed by atoms with Crippen molar-refractivity contribution < 1.29 is 15.0 Å². The minimum absolute atomic E-state index is 0.0850. The van der Waals surface area contributed by atoms with Crippen LogP contribution in [0.3, 0.4) is 0 Å². The fourth-order valence-electron chi connectivity index (χ4n) is 1.34. The number of aliphatic hydroxyl groups excluding tert-OH is 1. The molecule has 0 radical (unpaired) electrons. The van der Waals surface area contributed by atoms with Crippen LogP contribution in [0.4, 0.5) is 0 Å². The molecule has 4 heteroatoms. The zero-order valence-electron chi connectivity index (χ0n) is 8.77. The van der Waals surface area contributed by atoms with Crippen LogP contribution >= 0.6 is 0 Å². The first-order valence-corrected chi connectivity index (χ1v) is 4.78. The second-order valence-corrected chi connectivity index (χ2v) is 3.62. The number of rotatable bonds is 4. The fourth-order valence-corrected chi connectivity index (χ4v) is 1.34. The van der Waals surface area contributed by atoms with Crippen molar-refractivity contribution in [2.24, 2.45) is 0 Å². The van der Waals surface area contributed by atoms with Gasteiger partial charge in [0.1, 0.15) is 6.23 Å². The van der Waals surface area contributed by atoms with Crippen LogP contribution in [0.25, 0.3) is 0 Å². The van der Waals surface area contributed by atoms with E-state index in [0.29, 0.717) is 5.56 Å². The Hall–Kier alpha value is -1.39. The maximum Gasteiger partial charge on any atom is 0.336 e. The largest absolute Gasteiger partial charge is 0.478 e. The molecule has 1 unspecified atom stereocenters. The molecular formula is C11H15NO3. The number of hydrogen-bond acceptors (Lipinski definition) is 3. The average Bonchev–Trinajstić information content (AvgIpc) is 2.16. The van der Waals surface area contributed by atoms with Gasteiger partial charge in [-0.1, -0.05) is 18.2 Å². The van der Waals surface area contributed by atoms with E-state index in [4.69, 9.17) is 5.11 Å². The van der Waals surface area contributed by atoms with Crippen LogP contribution in [-0.4, -0.2) is 22.2 Å². The molecule has 0 aliphatic rings. The molecule has 0 spiro atoms. The molecule has 1 rings (SSSR count). The molecule has 4 nitrogen and oxygen atoms in total. The van der Waals surface area contributed by atoms with Crippen LogP contribution < -0.4 is 5.32 Å². The second-order valence-electron chi connectivity index (χ2n) is 3.62. The number of carboxylic acids is 1. The summed E-state index contributed by atoms with van der Waals surface area (Å²) >= 11 is 0. The maximum absolute atomic E-state index is 10.9. The topological polar surface area (TPSA) is 69.6 Å². The average molecular weight is 209 g/mol. The van der Waals surface area contributed by atoms with Gasteiger partial charge in [0.05, 0.1) is 5.56 Å². The summed E-state index contributed by atoms with van der Waals surface area (Å²) in [6, 6.07) is 6.50. The highest BCUT2D eigenvalue weighted by Crippen LogP contribution is 2.16. The van der Waals surface area contributed by atoms with Crippen molar-refractivity contribution in [2.75, 3.05) is 0 Å². The van der Waals surface area contributed by atoms with E-state index in [1.54, 1.807) is 18.2 Å².